The molecule has 1 fully saturated rings. The maximum Gasteiger partial charge on any atom is 0.123 e. The summed E-state index contributed by atoms with van der Waals surface area (Å²) in [6.07, 6.45) is 6.22. The van der Waals surface area contributed by atoms with Crippen molar-refractivity contribution in [3.8, 4) is 0 Å². The lowest BCUT2D eigenvalue weighted by atomic mass is 9.93. The van der Waals surface area contributed by atoms with E-state index in [4.69, 9.17) is 0 Å². The zero-order valence-electron chi connectivity index (χ0n) is 22.1. The van der Waals surface area contributed by atoms with Gasteiger partial charge >= 0.3 is 0 Å². The van der Waals surface area contributed by atoms with Gasteiger partial charge in [-0.05, 0) is 93.7 Å². The number of hydrogen-bond donors (Lipinski definition) is 4. The fourth-order valence-corrected chi connectivity index (χ4v) is 5.57. The number of aromatic nitrogens is 2. The Labute approximate surface area is 217 Å². The van der Waals surface area contributed by atoms with E-state index in [1.807, 2.05) is 6.07 Å². The molecule has 1 unspecified atom stereocenters. The first-order valence-electron chi connectivity index (χ1n) is 13.8. The third-order valence-electron chi connectivity index (χ3n) is 7.84. The van der Waals surface area contributed by atoms with Gasteiger partial charge in [-0.3, -0.25) is 0 Å². The maximum absolute atomic E-state index is 13.9. The smallest absolute Gasteiger partial charge is 0.123 e. The highest BCUT2D eigenvalue weighted by Crippen LogP contribution is 2.40. The Bertz CT molecular complexity index is 1420. The largest absolute Gasteiger partial charge is 0.354 e. The molecule has 1 aliphatic rings. The Morgan fingerprint density at radius 3 is 1.92 bits per heavy atom. The molecule has 1 saturated heterocycles. The van der Waals surface area contributed by atoms with Gasteiger partial charge < -0.3 is 20.6 Å². The molecule has 3 aromatic carbocycles. The molecule has 196 valence electrons. The van der Waals surface area contributed by atoms with E-state index < -0.39 is 0 Å². The number of benzene rings is 3. The van der Waals surface area contributed by atoms with E-state index in [2.05, 4.69) is 41.4 Å². The van der Waals surface area contributed by atoms with Crippen LogP contribution >= 0.6 is 0 Å². The predicted octanol–water partition coefficient (Wildman–Crippen LogP) is 7.88. The summed E-state index contributed by atoms with van der Waals surface area (Å²) in [5, 5.41) is 10.6. The van der Waals surface area contributed by atoms with Crippen LogP contribution in [0.5, 0.6) is 0 Å². The fraction of sp³-hybridized carbons (Fsp3) is 0.419. The molecular weight excluding hydrogens is 466 g/mol. The Hall–Kier alpha value is -2.96. The summed E-state index contributed by atoms with van der Waals surface area (Å²) in [6, 6.07) is 12.5. The van der Waals surface area contributed by atoms with Crippen molar-refractivity contribution in [1.82, 2.24) is 20.6 Å². The van der Waals surface area contributed by atoms with Crippen LogP contribution in [0.25, 0.3) is 43.6 Å². The Morgan fingerprint density at radius 2 is 1.41 bits per heavy atom. The van der Waals surface area contributed by atoms with Crippen LogP contribution in [0.4, 0.5) is 8.78 Å². The third-order valence-corrected chi connectivity index (χ3v) is 7.84. The lowest BCUT2D eigenvalue weighted by Crippen LogP contribution is -2.40. The summed E-state index contributed by atoms with van der Waals surface area (Å²) < 4.78 is 27.7. The van der Waals surface area contributed by atoms with Crippen LogP contribution in [-0.2, 0) is 0 Å². The van der Waals surface area contributed by atoms with E-state index in [0.29, 0.717) is 5.92 Å². The highest BCUT2D eigenvalue weighted by Gasteiger charge is 2.20. The van der Waals surface area contributed by atoms with Gasteiger partial charge in [0.05, 0.1) is 11.0 Å². The fourth-order valence-electron chi connectivity index (χ4n) is 5.57. The molecule has 2 aromatic heterocycles. The summed E-state index contributed by atoms with van der Waals surface area (Å²) in [4.78, 5) is 6.95. The summed E-state index contributed by atoms with van der Waals surface area (Å²) in [5.74, 6) is -0.209. The predicted molar refractivity (Wildman–Crippen MR) is 153 cm³/mol. The van der Waals surface area contributed by atoms with E-state index in [0.717, 1.165) is 56.1 Å². The molecule has 0 amide bonds. The molecule has 0 aliphatic carbocycles. The minimum Gasteiger partial charge on any atom is -0.354 e. The zero-order chi connectivity index (χ0) is 25.9. The van der Waals surface area contributed by atoms with E-state index in [1.54, 1.807) is 24.3 Å². The van der Waals surface area contributed by atoms with Crippen molar-refractivity contribution in [3.05, 3.63) is 59.7 Å². The van der Waals surface area contributed by atoms with Crippen LogP contribution in [0, 0.1) is 11.6 Å². The number of H-pyrrole nitrogens is 2. The highest BCUT2D eigenvalue weighted by molar-refractivity contribution is 6.19. The van der Waals surface area contributed by atoms with Crippen molar-refractivity contribution in [2.24, 2.45) is 0 Å². The van der Waals surface area contributed by atoms with Gasteiger partial charge in [-0.25, -0.2) is 8.78 Å². The van der Waals surface area contributed by atoms with E-state index in [1.165, 1.54) is 63.0 Å². The second-order valence-corrected chi connectivity index (χ2v) is 10.4. The van der Waals surface area contributed by atoms with Crippen molar-refractivity contribution in [1.29, 1.82) is 0 Å². The van der Waals surface area contributed by atoms with Gasteiger partial charge in [-0.15, -0.1) is 0 Å². The first-order valence-corrected chi connectivity index (χ1v) is 13.8. The molecule has 5 aromatic rings. The standard InChI is InChI=1S/C22H18F2N2.C9H20N2/c1-3-11(2)20-21-16(14-8-12(23)4-6-18(14)25-21)10-17-15-9-13(24)5-7-19(15)26-22(17)20;1-2-3-6-11-9-4-7-10-8-5-9/h4-11,25-26H,3H2,1-2H3;9-11H,2-8H2,1H3. The second kappa shape index (κ2) is 11.2. The van der Waals surface area contributed by atoms with Crippen molar-refractivity contribution < 1.29 is 8.78 Å². The summed E-state index contributed by atoms with van der Waals surface area (Å²) in [5.41, 5.74) is 5.05. The Morgan fingerprint density at radius 1 is 0.838 bits per heavy atom. The Balaban J connectivity index is 0.000000215. The highest BCUT2D eigenvalue weighted by atomic mass is 19.1. The minimum atomic E-state index is -0.256. The van der Waals surface area contributed by atoms with E-state index in [-0.39, 0.29) is 11.6 Å². The number of rotatable bonds is 6. The summed E-state index contributed by atoms with van der Waals surface area (Å²) >= 11 is 0. The van der Waals surface area contributed by atoms with Crippen molar-refractivity contribution >= 4 is 43.6 Å². The van der Waals surface area contributed by atoms with E-state index in [9.17, 15) is 8.78 Å². The third kappa shape index (κ3) is 5.23. The van der Waals surface area contributed by atoms with Crippen LogP contribution in [0.15, 0.2) is 42.5 Å². The number of halogens is 2. The van der Waals surface area contributed by atoms with E-state index >= 15 is 0 Å². The molecule has 1 aliphatic heterocycles. The molecule has 37 heavy (non-hydrogen) atoms. The number of fused-ring (bicyclic) bond motifs is 6. The SMILES string of the molecule is CCC(C)c1c2[nH]c3ccc(F)cc3c2cc2c1[nH]c1ccc(F)cc12.CCCCNC1CCNCC1. The van der Waals surface area contributed by atoms with Crippen LogP contribution in [0.2, 0.25) is 0 Å². The van der Waals surface area contributed by atoms with Gasteiger partial charge in [0.1, 0.15) is 11.6 Å². The normalized spacial score (nSPS) is 15.5. The lowest BCUT2D eigenvalue weighted by molar-refractivity contribution is 0.385. The van der Waals surface area contributed by atoms with Crippen molar-refractivity contribution in [2.75, 3.05) is 19.6 Å². The Kier molecular flexibility index (Phi) is 7.77. The van der Waals surface area contributed by atoms with Gasteiger partial charge in [0.15, 0.2) is 0 Å². The molecule has 4 nitrogen and oxygen atoms in total. The second-order valence-electron chi connectivity index (χ2n) is 10.4. The molecule has 0 bridgehead atoms. The molecule has 4 N–H and O–H groups in total. The van der Waals surface area contributed by atoms with Gasteiger partial charge in [-0.1, -0.05) is 27.2 Å². The summed E-state index contributed by atoms with van der Waals surface area (Å²) in [7, 11) is 0. The van der Waals surface area contributed by atoms with Crippen LogP contribution in [-0.4, -0.2) is 35.6 Å². The van der Waals surface area contributed by atoms with Crippen LogP contribution < -0.4 is 10.6 Å². The van der Waals surface area contributed by atoms with Crippen molar-refractivity contribution in [2.45, 2.75) is 64.8 Å². The summed E-state index contributed by atoms with van der Waals surface area (Å²) in [6.45, 7) is 10.2. The minimum absolute atomic E-state index is 0.256. The average Bonchev–Trinajstić information content (AvgIpc) is 3.45. The number of hydrogen-bond acceptors (Lipinski definition) is 2. The topological polar surface area (TPSA) is 55.6 Å². The van der Waals surface area contributed by atoms with Gasteiger partial charge in [0, 0.05) is 44.2 Å². The monoisotopic (exact) mass is 504 g/mol. The number of unbranched alkanes of at least 4 members (excludes halogenated alkanes) is 1. The van der Waals surface area contributed by atoms with Crippen LogP contribution in [0.1, 0.15) is 64.4 Å². The first kappa shape index (κ1) is 25.7. The number of piperidine rings is 1. The van der Waals surface area contributed by atoms with Crippen molar-refractivity contribution in [3.63, 3.8) is 0 Å². The molecule has 6 heteroatoms. The lowest BCUT2D eigenvalue weighted by Gasteiger charge is -2.23. The zero-order valence-corrected chi connectivity index (χ0v) is 22.1. The quantitative estimate of drug-likeness (QED) is 0.178. The molecule has 0 saturated carbocycles. The number of aromatic amines is 2. The maximum atomic E-state index is 13.9. The first-order chi connectivity index (χ1) is 18.0. The van der Waals surface area contributed by atoms with Gasteiger partial charge in [-0.2, -0.15) is 0 Å². The average molecular weight is 505 g/mol. The van der Waals surface area contributed by atoms with Gasteiger partial charge in [0.2, 0.25) is 0 Å². The molecule has 6 rings (SSSR count). The molecule has 3 heterocycles. The molecule has 1 atom stereocenters. The molecule has 0 spiro atoms. The molecular formula is C31H38F2N4. The van der Waals surface area contributed by atoms with Crippen LogP contribution in [0.3, 0.4) is 0 Å². The van der Waals surface area contributed by atoms with Gasteiger partial charge in [0.25, 0.3) is 0 Å². The number of nitrogens with one attached hydrogen (secondary N) is 4. The molecule has 0 radical (unpaired) electrons.